The van der Waals surface area contributed by atoms with Gasteiger partial charge < -0.3 is 0 Å². The Morgan fingerprint density at radius 1 is 0.676 bits per heavy atom. The molecule has 2 atom stereocenters. The first-order valence-corrected chi connectivity index (χ1v) is 16.8. The minimum Gasteiger partial charge on any atom is -0.0932 e. The fourth-order valence-corrected chi connectivity index (χ4v) is 14.4. The summed E-state index contributed by atoms with van der Waals surface area (Å²) in [7, 11) is -0.417. The monoisotopic (exact) mass is 488 g/mol. The van der Waals surface area contributed by atoms with Gasteiger partial charge >= 0.3 is 0 Å². The molecule has 34 heavy (non-hydrogen) atoms. The van der Waals surface area contributed by atoms with Crippen LogP contribution in [0.15, 0.2) is 84.0 Å². The second-order valence-electron chi connectivity index (χ2n) is 10.7. The number of allylic oxidation sites excluding steroid dienone is 4. The smallest absolute Gasteiger partial charge is 0.0275 e. The lowest BCUT2D eigenvalue weighted by atomic mass is 9.99. The molecule has 0 saturated heterocycles. The van der Waals surface area contributed by atoms with Crippen molar-refractivity contribution in [2.75, 3.05) is 0 Å². The summed E-state index contributed by atoms with van der Waals surface area (Å²) in [6.45, 7) is 5.08. The van der Waals surface area contributed by atoms with Crippen molar-refractivity contribution in [2.24, 2.45) is 0 Å². The molecule has 2 saturated carbocycles. The Balaban J connectivity index is 1.51. The summed E-state index contributed by atoms with van der Waals surface area (Å²) >= 11 is 0. The van der Waals surface area contributed by atoms with Gasteiger partial charge in [0.15, 0.2) is 0 Å². The van der Waals surface area contributed by atoms with Crippen LogP contribution in [0.5, 0.6) is 0 Å². The molecular weight excluding hydrogens is 446 g/mol. The van der Waals surface area contributed by atoms with Crippen LogP contribution in [0.1, 0.15) is 78.1 Å². The third-order valence-corrected chi connectivity index (χ3v) is 15.1. The van der Waals surface area contributed by atoms with E-state index in [1.807, 2.05) is 0 Å². The fourth-order valence-electron chi connectivity index (χ4n) is 6.97. The van der Waals surface area contributed by atoms with Crippen LogP contribution in [0.4, 0.5) is 0 Å². The number of benzene rings is 2. The summed E-state index contributed by atoms with van der Waals surface area (Å²) < 4.78 is 0. The minimum absolute atomic E-state index is 0.0275. The summed E-state index contributed by atoms with van der Waals surface area (Å²) in [6, 6.07) is 22.8. The van der Waals surface area contributed by atoms with Crippen LogP contribution in [0.2, 0.25) is 0 Å². The van der Waals surface area contributed by atoms with Crippen LogP contribution in [0.25, 0.3) is 0 Å². The quantitative estimate of drug-likeness (QED) is 0.341. The Labute approximate surface area is 210 Å². The molecule has 0 nitrogen and oxygen atoms in total. The Morgan fingerprint density at radius 3 is 1.62 bits per heavy atom. The van der Waals surface area contributed by atoms with E-state index in [2.05, 4.69) is 86.7 Å². The summed E-state index contributed by atoms with van der Waals surface area (Å²) in [5.41, 5.74) is 6.69. The van der Waals surface area contributed by atoms with Gasteiger partial charge in [-0.2, -0.15) is 0 Å². The van der Waals surface area contributed by atoms with Crippen LogP contribution in [0.3, 0.4) is 0 Å². The van der Waals surface area contributed by atoms with E-state index in [1.54, 1.807) is 11.1 Å². The summed E-state index contributed by atoms with van der Waals surface area (Å²) in [5, 5.41) is 3.05. The molecule has 2 aromatic rings. The first kappa shape index (κ1) is 24.5. The molecule has 2 aromatic carbocycles. The second-order valence-corrected chi connectivity index (χ2v) is 16.1. The van der Waals surface area contributed by atoms with Crippen molar-refractivity contribution < 1.29 is 0 Å². The first-order valence-electron chi connectivity index (χ1n) is 13.8. The van der Waals surface area contributed by atoms with E-state index in [0.717, 1.165) is 17.0 Å². The number of rotatable bonds is 7. The van der Waals surface area contributed by atoms with Gasteiger partial charge in [0.05, 0.1) is 0 Å². The van der Waals surface area contributed by atoms with Gasteiger partial charge in [-0.15, -0.1) is 0 Å². The largest absolute Gasteiger partial charge is 0.0932 e. The molecule has 0 unspecified atom stereocenters. The molecule has 0 aliphatic heterocycles. The summed E-state index contributed by atoms with van der Waals surface area (Å²) in [6.07, 6.45) is 19.9. The maximum Gasteiger partial charge on any atom is 0.0275 e. The zero-order chi connectivity index (χ0) is 23.3. The predicted octanol–water partition coefficient (Wildman–Crippen LogP) is 8.91. The van der Waals surface area contributed by atoms with E-state index < -0.39 is 7.92 Å². The summed E-state index contributed by atoms with van der Waals surface area (Å²) in [5.74, 6) is 0. The highest BCUT2D eigenvalue weighted by atomic mass is 31.1. The highest BCUT2D eigenvalue weighted by Crippen LogP contribution is 2.63. The molecular formula is C32H42P2. The Kier molecular flexibility index (Phi) is 8.40. The van der Waals surface area contributed by atoms with E-state index in [9.17, 15) is 0 Å². The minimum atomic E-state index is -0.444. The van der Waals surface area contributed by atoms with Crippen molar-refractivity contribution >= 4 is 26.5 Å². The van der Waals surface area contributed by atoms with Crippen molar-refractivity contribution in [1.82, 2.24) is 0 Å². The lowest BCUT2D eigenvalue weighted by Gasteiger charge is -2.44. The van der Waals surface area contributed by atoms with Crippen LogP contribution in [-0.4, -0.2) is 22.6 Å². The fraction of sp³-hybridized carbons (Fsp3) is 0.500. The molecule has 2 fully saturated rings. The van der Waals surface area contributed by atoms with Crippen molar-refractivity contribution in [3.8, 4) is 0 Å². The van der Waals surface area contributed by atoms with Gasteiger partial charge in [0, 0.05) is 5.66 Å². The average molecular weight is 489 g/mol. The van der Waals surface area contributed by atoms with Crippen molar-refractivity contribution in [3.05, 3.63) is 84.0 Å². The molecule has 0 amide bonds. The molecule has 0 aromatic heterocycles. The van der Waals surface area contributed by atoms with Crippen molar-refractivity contribution in [1.29, 1.82) is 0 Å². The first-order chi connectivity index (χ1) is 16.7. The van der Waals surface area contributed by atoms with Gasteiger partial charge in [0.1, 0.15) is 0 Å². The van der Waals surface area contributed by atoms with E-state index in [4.69, 9.17) is 0 Å². The molecule has 3 aliphatic rings. The van der Waals surface area contributed by atoms with Gasteiger partial charge in [0.25, 0.3) is 0 Å². The molecule has 0 bridgehead atoms. The van der Waals surface area contributed by atoms with Gasteiger partial charge in [-0.1, -0.05) is 132 Å². The van der Waals surface area contributed by atoms with Crippen LogP contribution >= 0.6 is 15.8 Å². The maximum absolute atomic E-state index is 2.66. The molecule has 2 heteroatoms. The lowest BCUT2D eigenvalue weighted by Crippen LogP contribution is -2.30. The normalized spacial score (nSPS) is 23.2. The molecule has 5 rings (SSSR count). The molecule has 0 spiro atoms. The molecule has 3 aliphatic carbocycles. The molecule has 180 valence electrons. The molecule has 0 N–H and O–H groups in total. The lowest BCUT2D eigenvalue weighted by molar-refractivity contribution is 0.482. The molecule has 0 heterocycles. The highest BCUT2D eigenvalue weighted by Gasteiger charge is 2.40. The Bertz CT molecular complexity index is 907. The van der Waals surface area contributed by atoms with Crippen LogP contribution in [-0.2, 0) is 0 Å². The van der Waals surface area contributed by atoms with E-state index in [-0.39, 0.29) is 7.92 Å². The van der Waals surface area contributed by atoms with Gasteiger partial charge in [0.2, 0.25) is 0 Å². The summed E-state index contributed by atoms with van der Waals surface area (Å²) in [4.78, 5) is 0. The average Bonchev–Trinajstić information content (AvgIpc) is 3.27. The van der Waals surface area contributed by atoms with E-state index in [1.165, 1.54) is 74.8 Å². The van der Waals surface area contributed by atoms with Crippen molar-refractivity contribution in [3.63, 3.8) is 0 Å². The number of hydrogen-bond acceptors (Lipinski definition) is 0. The van der Waals surface area contributed by atoms with Crippen molar-refractivity contribution in [2.45, 2.75) is 101 Å². The third kappa shape index (κ3) is 5.30. The maximum atomic E-state index is 2.66. The van der Waals surface area contributed by atoms with E-state index in [0.29, 0.717) is 5.66 Å². The second kappa shape index (κ2) is 11.7. The topological polar surface area (TPSA) is 0 Å². The third-order valence-electron chi connectivity index (χ3n) is 8.54. The predicted molar refractivity (Wildman–Crippen MR) is 155 cm³/mol. The van der Waals surface area contributed by atoms with Crippen LogP contribution < -0.4 is 10.6 Å². The van der Waals surface area contributed by atoms with E-state index >= 15 is 0 Å². The Morgan fingerprint density at radius 2 is 1.15 bits per heavy atom. The standard InChI is InChI=1S/C32H42P2/c1-25-23-24-31(34(29-19-11-5-12-20-29)30-21-13-6-14-22-30)32(25)26(2)33(27-15-7-3-8-16-27)28-17-9-4-10-18-28/h5-6,11-14,19-24,26-28,31H,3-4,7-10,15-18H2,1-2H3/t26-,31-/m1/s1. The van der Waals surface area contributed by atoms with Gasteiger partial charge in [-0.05, 0) is 73.7 Å². The zero-order valence-electron chi connectivity index (χ0n) is 21.2. The molecule has 0 radical (unpaired) electrons. The van der Waals surface area contributed by atoms with Gasteiger partial charge in [-0.25, -0.2) is 0 Å². The highest BCUT2D eigenvalue weighted by molar-refractivity contribution is 7.74. The van der Waals surface area contributed by atoms with Crippen LogP contribution in [0, 0.1) is 0 Å². The van der Waals surface area contributed by atoms with Gasteiger partial charge in [-0.3, -0.25) is 0 Å². The number of hydrogen-bond donors (Lipinski definition) is 0. The zero-order valence-corrected chi connectivity index (χ0v) is 23.0. The Hall–Kier alpha value is -1.22. The SMILES string of the molecule is CC1=C([C@@H](C)P(C2CCCCC2)C2CCCCC2)[C@H](P(c2ccccc2)c2ccccc2)C=C1.